The van der Waals surface area contributed by atoms with Crippen molar-refractivity contribution in [1.82, 2.24) is 0 Å². The topological polar surface area (TPSA) is 0 Å². The number of allylic oxidation sites excluding steroid dienone is 13. The zero-order valence-corrected chi connectivity index (χ0v) is 17.0. The summed E-state index contributed by atoms with van der Waals surface area (Å²) in [5.41, 5.74) is 2.57. The molecule has 0 aliphatic heterocycles. The van der Waals surface area contributed by atoms with Gasteiger partial charge in [0.2, 0.25) is 0 Å². The van der Waals surface area contributed by atoms with E-state index in [1.165, 1.54) is 0 Å². The molecule has 0 aromatic heterocycles. The lowest BCUT2D eigenvalue weighted by Gasteiger charge is -2.26. The Balaban J connectivity index is 1.45. The van der Waals surface area contributed by atoms with E-state index in [2.05, 4.69) is 0 Å². The van der Waals surface area contributed by atoms with E-state index < -0.39 is 17.6 Å². The van der Waals surface area contributed by atoms with Gasteiger partial charge in [0.1, 0.15) is 11.7 Å². The zero-order chi connectivity index (χ0) is 21.1. The quantitative estimate of drug-likeness (QED) is 0.473. The molecule has 1 aromatic rings. The molecule has 0 saturated carbocycles. The summed E-state index contributed by atoms with van der Waals surface area (Å²) in [4.78, 5) is 0. The van der Waals surface area contributed by atoms with Gasteiger partial charge >= 0.3 is 0 Å². The van der Waals surface area contributed by atoms with Crippen molar-refractivity contribution in [3.8, 4) is 0 Å². The Labute approximate surface area is 176 Å². The van der Waals surface area contributed by atoms with Crippen LogP contribution in [0.1, 0.15) is 37.3 Å². The molecular weight excluding hydrogens is 381 g/mol. The number of halogens is 3. The minimum Gasteiger partial charge on any atom is -0.208 e. The summed E-state index contributed by atoms with van der Waals surface area (Å²) in [6.07, 6.45) is 18.5. The summed E-state index contributed by atoms with van der Waals surface area (Å²) in [7, 11) is 0. The molecule has 0 bridgehead atoms. The minimum absolute atomic E-state index is 0.00148. The van der Waals surface area contributed by atoms with Crippen molar-refractivity contribution < 1.29 is 13.2 Å². The maximum Gasteiger partial charge on any atom is 0.161 e. The van der Waals surface area contributed by atoms with Crippen LogP contribution in [0.5, 0.6) is 0 Å². The van der Waals surface area contributed by atoms with Gasteiger partial charge in [0.05, 0.1) is 0 Å². The fourth-order valence-corrected chi connectivity index (χ4v) is 4.17. The van der Waals surface area contributed by atoms with Crippen LogP contribution < -0.4 is 0 Å². The minimum atomic E-state index is -0.768. The number of hydrogen-bond donors (Lipinski definition) is 0. The van der Waals surface area contributed by atoms with E-state index >= 15 is 0 Å². The van der Waals surface area contributed by atoms with Crippen LogP contribution in [-0.2, 0) is 0 Å². The SMILES string of the molecule is CC1C=C(F)C(c2ccc(/C=C/C3=CCC(C4C=CC=CC4)C(F)=C3F)cc2)=CC1. The van der Waals surface area contributed by atoms with Crippen LogP contribution in [-0.4, -0.2) is 0 Å². The third-order valence-corrected chi connectivity index (χ3v) is 5.97. The molecule has 3 heteroatoms. The van der Waals surface area contributed by atoms with E-state index in [1.54, 1.807) is 24.3 Å². The molecule has 0 amide bonds. The summed E-state index contributed by atoms with van der Waals surface area (Å²) < 4.78 is 43.5. The molecule has 0 fully saturated rings. The predicted molar refractivity (Wildman–Crippen MR) is 118 cm³/mol. The molecule has 0 spiro atoms. The Morgan fingerprint density at radius 2 is 1.70 bits per heavy atom. The van der Waals surface area contributed by atoms with Gasteiger partial charge in [-0.3, -0.25) is 0 Å². The van der Waals surface area contributed by atoms with Gasteiger partial charge in [-0.2, -0.15) is 0 Å². The highest BCUT2D eigenvalue weighted by atomic mass is 19.2. The zero-order valence-electron chi connectivity index (χ0n) is 17.0. The Morgan fingerprint density at radius 3 is 2.40 bits per heavy atom. The highest BCUT2D eigenvalue weighted by molar-refractivity contribution is 5.78. The number of rotatable bonds is 4. The molecule has 4 rings (SSSR count). The van der Waals surface area contributed by atoms with E-state index in [-0.39, 0.29) is 23.2 Å². The van der Waals surface area contributed by atoms with Gasteiger partial charge in [0.25, 0.3) is 0 Å². The highest BCUT2D eigenvalue weighted by Gasteiger charge is 2.29. The fraction of sp³-hybridized carbons (Fsp3) is 0.259. The van der Waals surface area contributed by atoms with Gasteiger partial charge < -0.3 is 0 Å². The molecule has 0 N–H and O–H groups in total. The molecule has 3 atom stereocenters. The standard InChI is InChI=1S/C27H25F3/c1-18-7-15-23(25(28)17-18)21-11-8-19(9-12-21)10-13-22-14-16-24(27(30)26(22)29)20-5-3-2-4-6-20/h2-5,8-15,17-18,20,24H,6-7,16H2,1H3/b13-10+. The molecule has 3 unspecified atom stereocenters. The van der Waals surface area contributed by atoms with Crippen LogP contribution >= 0.6 is 0 Å². The Hall–Kier alpha value is -2.81. The van der Waals surface area contributed by atoms with E-state index in [9.17, 15) is 13.2 Å². The molecule has 0 saturated heterocycles. The van der Waals surface area contributed by atoms with Crippen LogP contribution in [0.25, 0.3) is 11.6 Å². The smallest absolute Gasteiger partial charge is 0.161 e. The van der Waals surface area contributed by atoms with Gasteiger partial charge in [0, 0.05) is 17.1 Å². The predicted octanol–water partition coefficient (Wildman–Crippen LogP) is 8.21. The largest absolute Gasteiger partial charge is 0.208 e. The molecule has 154 valence electrons. The second-order valence-electron chi connectivity index (χ2n) is 8.18. The lowest BCUT2D eigenvalue weighted by atomic mass is 9.80. The van der Waals surface area contributed by atoms with Crippen molar-refractivity contribution in [1.29, 1.82) is 0 Å². The molecule has 0 heterocycles. The first kappa shape index (κ1) is 20.5. The van der Waals surface area contributed by atoms with Crippen LogP contribution in [0, 0.1) is 17.8 Å². The lowest BCUT2D eigenvalue weighted by Crippen LogP contribution is -2.17. The van der Waals surface area contributed by atoms with E-state index in [1.807, 2.05) is 61.6 Å². The van der Waals surface area contributed by atoms with Crippen molar-refractivity contribution in [2.24, 2.45) is 17.8 Å². The Kier molecular flexibility index (Phi) is 6.08. The third kappa shape index (κ3) is 4.35. The third-order valence-electron chi connectivity index (χ3n) is 5.97. The van der Waals surface area contributed by atoms with E-state index in [0.29, 0.717) is 12.0 Å². The second-order valence-corrected chi connectivity index (χ2v) is 8.18. The van der Waals surface area contributed by atoms with Crippen molar-refractivity contribution in [3.05, 3.63) is 107 Å². The molecular formula is C27H25F3. The van der Waals surface area contributed by atoms with Crippen molar-refractivity contribution in [3.63, 3.8) is 0 Å². The molecule has 0 nitrogen and oxygen atoms in total. The highest BCUT2D eigenvalue weighted by Crippen LogP contribution is 2.39. The van der Waals surface area contributed by atoms with E-state index in [0.717, 1.165) is 24.0 Å². The summed E-state index contributed by atoms with van der Waals surface area (Å²) in [6.45, 7) is 1.99. The van der Waals surface area contributed by atoms with Crippen LogP contribution in [0.3, 0.4) is 0 Å². The Morgan fingerprint density at radius 1 is 0.900 bits per heavy atom. The van der Waals surface area contributed by atoms with E-state index in [4.69, 9.17) is 0 Å². The molecule has 30 heavy (non-hydrogen) atoms. The van der Waals surface area contributed by atoms with Crippen LogP contribution in [0.15, 0.2) is 95.9 Å². The average Bonchev–Trinajstić information content (AvgIpc) is 2.76. The monoisotopic (exact) mass is 406 g/mol. The van der Waals surface area contributed by atoms with Crippen molar-refractivity contribution in [2.45, 2.75) is 26.2 Å². The maximum atomic E-state index is 14.6. The van der Waals surface area contributed by atoms with Gasteiger partial charge in [-0.25, -0.2) is 13.2 Å². The normalized spacial score (nSPS) is 26.7. The number of hydrogen-bond acceptors (Lipinski definition) is 0. The lowest BCUT2D eigenvalue weighted by molar-refractivity contribution is 0.350. The summed E-state index contributed by atoms with van der Waals surface area (Å²) in [5, 5.41) is 0. The fourth-order valence-electron chi connectivity index (χ4n) is 4.17. The second kappa shape index (κ2) is 8.91. The van der Waals surface area contributed by atoms with Crippen molar-refractivity contribution in [2.75, 3.05) is 0 Å². The molecule has 1 aromatic carbocycles. The number of benzene rings is 1. The summed E-state index contributed by atoms with van der Waals surface area (Å²) in [6, 6.07) is 7.44. The first-order chi connectivity index (χ1) is 14.5. The Bertz CT molecular complexity index is 1010. The molecule has 3 aliphatic carbocycles. The first-order valence-electron chi connectivity index (χ1n) is 10.5. The van der Waals surface area contributed by atoms with Crippen LogP contribution in [0.2, 0.25) is 0 Å². The average molecular weight is 406 g/mol. The van der Waals surface area contributed by atoms with Crippen LogP contribution in [0.4, 0.5) is 13.2 Å². The summed E-state index contributed by atoms with van der Waals surface area (Å²) >= 11 is 0. The molecule has 3 aliphatic rings. The van der Waals surface area contributed by atoms with Gasteiger partial charge in [-0.05, 0) is 48.3 Å². The van der Waals surface area contributed by atoms with Gasteiger partial charge in [0.15, 0.2) is 5.83 Å². The molecule has 0 radical (unpaired) electrons. The van der Waals surface area contributed by atoms with Crippen molar-refractivity contribution >= 4 is 11.6 Å². The summed E-state index contributed by atoms with van der Waals surface area (Å²) in [5.74, 6) is -1.83. The first-order valence-corrected chi connectivity index (χ1v) is 10.5. The van der Waals surface area contributed by atoms with Gasteiger partial charge in [-0.15, -0.1) is 0 Å². The maximum absolute atomic E-state index is 14.6. The van der Waals surface area contributed by atoms with Gasteiger partial charge in [-0.1, -0.05) is 79.8 Å².